The van der Waals surface area contributed by atoms with Gasteiger partial charge >= 0.3 is 0 Å². The normalized spacial score (nSPS) is 16.6. The Balaban J connectivity index is 1.69. The molecule has 0 spiro atoms. The molecule has 0 bridgehead atoms. The predicted molar refractivity (Wildman–Crippen MR) is 131 cm³/mol. The molecule has 0 unspecified atom stereocenters. The Kier molecular flexibility index (Phi) is 7.82. The van der Waals surface area contributed by atoms with E-state index in [2.05, 4.69) is 29.9 Å². The molecule has 0 radical (unpaired) electrons. The average Bonchev–Trinajstić information content (AvgIpc) is 3.29. The van der Waals surface area contributed by atoms with Crippen LogP contribution < -0.4 is 9.46 Å². The number of ether oxygens (including phenoxy) is 2. The third-order valence-electron chi connectivity index (χ3n) is 6.10. The summed E-state index contributed by atoms with van der Waals surface area (Å²) in [6, 6.07) is 5.38. The molecule has 1 aliphatic rings. The maximum absolute atomic E-state index is 13.4. The number of methoxy groups -OCH3 is 2. The fourth-order valence-electron chi connectivity index (χ4n) is 4.23. The van der Waals surface area contributed by atoms with Crippen LogP contribution in [0.3, 0.4) is 0 Å². The molecule has 3 heterocycles. The third-order valence-corrected chi connectivity index (χ3v) is 7.98. The molecule has 0 aromatic carbocycles. The second-order valence-electron chi connectivity index (χ2n) is 8.34. The van der Waals surface area contributed by atoms with Crippen LogP contribution in [0.2, 0.25) is 5.02 Å². The highest BCUT2D eigenvalue weighted by atomic mass is 35.5. The van der Waals surface area contributed by atoms with Crippen LogP contribution in [0.1, 0.15) is 57.0 Å². The van der Waals surface area contributed by atoms with Gasteiger partial charge in [-0.15, -0.1) is 10.2 Å². The van der Waals surface area contributed by atoms with E-state index in [9.17, 15) is 8.42 Å². The van der Waals surface area contributed by atoms with Gasteiger partial charge in [0, 0.05) is 31.6 Å². The first-order valence-corrected chi connectivity index (χ1v) is 13.2. The summed E-state index contributed by atoms with van der Waals surface area (Å²) >= 11 is 5.87. The topological polar surface area (TPSA) is 134 Å². The summed E-state index contributed by atoms with van der Waals surface area (Å²) in [7, 11) is -1.04. The van der Waals surface area contributed by atoms with E-state index in [-0.39, 0.29) is 17.8 Å². The van der Waals surface area contributed by atoms with Gasteiger partial charge < -0.3 is 9.47 Å². The van der Waals surface area contributed by atoms with Crippen molar-refractivity contribution in [3.05, 3.63) is 41.4 Å². The van der Waals surface area contributed by atoms with Crippen molar-refractivity contribution in [2.45, 2.75) is 56.4 Å². The number of nitrogens with one attached hydrogen (secondary N) is 1. The van der Waals surface area contributed by atoms with E-state index >= 15 is 0 Å². The number of hydrogen-bond acceptors (Lipinski definition) is 9. The van der Waals surface area contributed by atoms with Gasteiger partial charge in [-0.2, -0.15) is 0 Å². The van der Waals surface area contributed by atoms with Crippen LogP contribution >= 0.6 is 11.6 Å². The molecule has 3 aromatic rings. The van der Waals surface area contributed by atoms with Crippen molar-refractivity contribution < 1.29 is 17.9 Å². The molecule has 35 heavy (non-hydrogen) atoms. The van der Waals surface area contributed by atoms with E-state index in [1.807, 2.05) is 10.6 Å². The Morgan fingerprint density at radius 1 is 1.11 bits per heavy atom. The minimum atomic E-state index is -3.98. The molecule has 188 valence electrons. The number of anilines is 1. The number of pyridine rings is 1. The van der Waals surface area contributed by atoms with Gasteiger partial charge in [0.2, 0.25) is 21.9 Å². The zero-order chi connectivity index (χ0) is 25.0. The Morgan fingerprint density at radius 2 is 1.83 bits per heavy atom. The summed E-state index contributed by atoms with van der Waals surface area (Å²) < 4.78 is 42.1. The van der Waals surface area contributed by atoms with Crippen molar-refractivity contribution in [1.29, 1.82) is 0 Å². The predicted octanol–water partition coefficient (Wildman–Crippen LogP) is 3.82. The van der Waals surface area contributed by atoms with Crippen molar-refractivity contribution in [1.82, 2.24) is 29.7 Å². The maximum Gasteiger partial charge on any atom is 0.240 e. The molecule has 1 saturated carbocycles. The quantitative estimate of drug-likeness (QED) is 0.445. The number of halogens is 1. The average molecular weight is 522 g/mol. The molecular weight excluding hydrogens is 494 g/mol. The van der Waals surface area contributed by atoms with E-state index in [1.165, 1.54) is 33.5 Å². The van der Waals surface area contributed by atoms with Gasteiger partial charge in [-0.05, 0) is 25.8 Å². The third kappa shape index (κ3) is 5.54. The van der Waals surface area contributed by atoms with E-state index in [0.29, 0.717) is 22.4 Å². The fraction of sp³-hybridized carbons (Fsp3) is 0.500. The highest BCUT2D eigenvalue weighted by molar-refractivity contribution is 7.93. The first kappa shape index (κ1) is 25.3. The van der Waals surface area contributed by atoms with E-state index in [1.54, 1.807) is 12.1 Å². The Labute approximate surface area is 209 Å². The highest BCUT2D eigenvalue weighted by Gasteiger charge is 2.35. The van der Waals surface area contributed by atoms with Crippen molar-refractivity contribution in [3.63, 3.8) is 0 Å². The van der Waals surface area contributed by atoms with Crippen LogP contribution in [0.15, 0.2) is 30.6 Å². The largest absolute Gasteiger partial charge is 0.481 e. The minimum Gasteiger partial charge on any atom is -0.481 e. The van der Waals surface area contributed by atoms with Crippen LogP contribution in [0.5, 0.6) is 5.88 Å². The lowest BCUT2D eigenvalue weighted by Crippen LogP contribution is -2.34. The molecule has 2 atom stereocenters. The molecule has 3 aromatic heterocycles. The van der Waals surface area contributed by atoms with Crippen molar-refractivity contribution >= 4 is 27.6 Å². The smallest absolute Gasteiger partial charge is 0.240 e. The Bertz CT molecular complexity index is 1250. The van der Waals surface area contributed by atoms with Gasteiger partial charge in [-0.25, -0.2) is 23.4 Å². The van der Waals surface area contributed by atoms with Gasteiger partial charge in [-0.1, -0.05) is 36.9 Å². The number of sulfonamides is 1. The monoisotopic (exact) mass is 521 g/mol. The molecule has 0 aliphatic heterocycles. The Morgan fingerprint density at radius 3 is 2.49 bits per heavy atom. The summed E-state index contributed by atoms with van der Waals surface area (Å²) in [5, 5.41) is 7.83. The number of nitrogens with zero attached hydrogens (tertiary/aromatic N) is 6. The van der Waals surface area contributed by atoms with Crippen LogP contribution in [0, 0.1) is 0 Å². The molecule has 1 fully saturated rings. The first-order chi connectivity index (χ1) is 16.8. The SMILES string of the molecule is COc1cccc(-c2nnc(NS(=O)(=O)[C@@H](C)[C@H](OC)c3ncc(Cl)cn3)n2C2CCCCC2)n1. The van der Waals surface area contributed by atoms with Crippen LogP contribution in [0.25, 0.3) is 11.5 Å². The molecule has 11 nitrogen and oxygen atoms in total. The molecule has 4 rings (SSSR count). The lowest BCUT2D eigenvalue weighted by atomic mass is 9.95. The summed E-state index contributed by atoms with van der Waals surface area (Å²) in [6.45, 7) is 1.53. The summed E-state index contributed by atoms with van der Waals surface area (Å²) in [5.74, 6) is 1.26. The highest BCUT2D eigenvalue weighted by Crippen LogP contribution is 2.35. The number of rotatable bonds is 9. The second-order valence-corrected chi connectivity index (χ2v) is 10.8. The summed E-state index contributed by atoms with van der Waals surface area (Å²) in [6.07, 6.45) is 6.87. The van der Waals surface area contributed by atoms with Crippen LogP contribution in [-0.4, -0.2) is 57.6 Å². The van der Waals surface area contributed by atoms with Crippen molar-refractivity contribution in [2.24, 2.45) is 0 Å². The van der Waals surface area contributed by atoms with Crippen LogP contribution in [-0.2, 0) is 14.8 Å². The standard InChI is InChI=1S/C22H28ClN7O4S/c1-14(19(34-3)20-24-12-15(23)13-25-20)35(31,32)29-22-28-27-21(17-10-7-11-18(26-17)33-2)30(22)16-8-5-4-6-9-16/h7,10-14,16,19H,4-6,8-9H2,1-3H3,(H,28,29)/t14-,19-/m0/s1. The molecule has 0 amide bonds. The fourth-order valence-corrected chi connectivity index (χ4v) is 5.47. The number of aromatic nitrogens is 6. The molecule has 1 N–H and O–H groups in total. The molecular formula is C22H28ClN7O4S. The van der Waals surface area contributed by atoms with Gasteiger partial charge in [-0.3, -0.25) is 9.29 Å². The lowest BCUT2D eigenvalue weighted by Gasteiger charge is -2.27. The van der Waals surface area contributed by atoms with Gasteiger partial charge in [0.15, 0.2) is 11.6 Å². The van der Waals surface area contributed by atoms with E-state index < -0.39 is 21.4 Å². The molecule has 13 heteroatoms. The van der Waals surface area contributed by atoms with Crippen molar-refractivity contribution in [2.75, 3.05) is 18.9 Å². The maximum atomic E-state index is 13.4. The molecule has 1 aliphatic carbocycles. The van der Waals surface area contributed by atoms with Crippen LogP contribution in [0.4, 0.5) is 5.95 Å². The molecule has 0 saturated heterocycles. The second kappa shape index (κ2) is 10.8. The number of hydrogen-bond donors (Lipinski definition) is 1. The van der Waals surface area contributed by atoms with Crippen molar-refractivity contribution in [3.8, 4) is 17.4 Å². The first-order valence-electron chi connectivity index (χ1n) is 11.3. The summed E-state index contributed by atoms with van der Waals surface area (Å²) in [5.41, 5.74) is 0.547. The van der Waals surface area contributed by atoms with Gasteiger partial charge in [0.05, 0.1) is 12.1 Å². The Hall–Kier alpha value is -2.83. The van der Waals surface area contributed by atoms with E-state index in [0.717, 1.165) is 32.1 Å². The van der Waals surface area contributed by atoms with Gasteiger partial charge in [0.1, 0.15) is 17.0 Å². The zero-order valence-electron chi connectivity index (χ0n) is 19.8. The summed E-state index contributed by atoms with van der Waals surface area (Å²) in [4.78, 5) is 12.7. The van der Waals surface area contributed by atoms with Gasteiger partial charge in [0.25, 0.3) is 0 Å². The van der Waals surface area contributed by atoms with E-state index in [4.69, 9.17) is 21.1 Å². The lowest BCUT2D eigenvalue weighted by molar-refractivity contribution is 0.0950. The minimum absolute atomic E-state index is 0.0348. The zero-order valence-corrected chi connectivity index (χ0v) is 21.3.